The molecule has 0 fully saturated rings. The molecule has 0 atom stereocenters. The molecule has 0 unspecified atom stereocenters. The maximum Gasteiger partial charge on any atom is 0.393 e. The Labute approximate surface area is 357 Å². The van der Waals surface area contributed by atoms with Crippen LogP contribution in [0.4, 0.5) is 26.3 Å². The Hall–Kier alpha value is -0.420. The molecule has 0 aromatic rings. The van der Waals surface area contributed by atoms with Gasteiger partial charge in [-0.1, -0.05) is 278 Å². The molecular formula is C49H116F6. The van der Waals surface area contributed by atoms with E-state index in [0.717, 1.165) is 52.4 Å². The number of rotatable bonds is 6. The van der Waals surface area contributed by atoms with Crippen molar-refractivity contribution < 1.29 is 33.2 Å². The Bertz CT molecular complexity index is 596. The molecule has 0 bridgehead atoms. The first kappa shape index (κ1) is 69.2. The van der Waals surface area contributed by atoms with Crippen molar-refractivity contribution >= 4 is 0 Å². The predicted molar refractivity (Wildman–Crippen MR) is 252 cm³/mol. The quantitative estimate of drug-likeness (QED) is 0.234. The summed E-state index contributed by atoms with van der Waals surface area (Å²) in [6.07, 6.45) is 2.62. The van der Waals surface area contributed by atoms with Crippen LogP contribution in [0.25, 0.3) is 0 Å². The zero-order valence-electron chi connectivity index (χ0n) is 48.6. The van der Waals surface area contributed by atoms with Gasteiger partial charge in [-0.3, -0.25) is 0 Å². The lowest BCUT2D eigenvalue weighted by Crippen LogP contribution is -2.28. The summed E-state index contributed by atoms with van der Waals surface area (Å²) in [5.74, 6) is 1.05. The van der Waals surface area contributed by atoms with E-state index < -0.39 is 36.4 Å². The van der Waals surface area contributed by atoms with Crippen molar-refractivity contribution in [3.8, 4) is 0 Å². The van der Waals surface area contributed by atoms with E-state index in [-0.39, 0.29) is 5.89 Å². The molecule has 0 radical (unpaired) electrons. The van der Waals surface area contributed by atoms with Gasteiger partial charge in [0, 0.05) is 12.8 Å². The molecule has 354 valence electrons. The molecule has 0 rings (SSSR count). The first-order chi connectivity index (χ1) is 26.1. The number of hydrogen-bond donors (Lipinski definition) is 0. The van der Waals surface area contributed by atoms with E-state index in [1.807, 2.05) is 27.7 Å². The van der Waals surface area contributed by atoms with Gasteiger partial charge in [0.15, 0.2) is 0 Å². The van der Waals surface area contributed by atoms with Gasteiger partial charge in [0.2, 0.25) is 0 Å². The molecule has 0 aliphatic heterocycles. The average molecular weight is 824 g/mol. The Morgan fingerprint density at radius 3 is 0.527 bits per heavy atom. The van der Waals surface area contributed by atoms with Crippen molar-refractivity contribution in [2.24, 2.45) is 35.0 Å². The summed E-state index contributed by atoms with van der Waals surface area (Å²) in [5.41, 5.74) is -1.56. The number of alkyl halides is 6. The van der Waals surface area contributed by atoms with Crippen molar-refractivity contribution in [3.05, 3.63) is 0 Å². The summed E-state index contributed by atoms with van der Waals surface area (Å²) >= 11 is 0. The van der Waals surface area contributed by atoms with Crippen molar-refractivity contribution in [2.75, 3.05) is 0 Å². The highest BCUT2D eigenvalue weighted by Crippen LogP contribution is 2.36. The lowest BCUT2D eigenvalue weighted by Gasteiger charge is -2.21. The molecule has 0 amide bonds. The molecule has 0 heterocycles. The first-order valence-corrected chi connectivity index (χ1v) is 21.7. The van der Waals surface area contributed by atoms with Gasteiger partial charge in [0.25, 0.3) is 0 Å². The van der Waals surface area contributed by atoms with Crippen LogP contribution in [-0.2, 0) is 0 Å². The van der Waals surface area contributed by atoms with Crippen molar-refractivity contribution in [2.45, 2.75) is 290 Å². The van der Waals surface area contributed by atoms with Crippen LogP contribution < -0.4 is 0 Å². The van der Waals surface area contributed by atoms with Gasteiger partial charge in [-0.05, 0) is 23.6 Å². The van der Waals surface area contributed by atoms with Gasteiger partial charge in [0.1, 0.15) is 0 Å². The summed E-state index contributed by atoms with van der Waals surface area (Å²) < 4.78 is 102. The SMILES string of the molecule is CC(C)(C)C(F)(F)F.CC(C)C.CC(C)C.CC(C)C.CC(C)C(F)(F)F.CCC.CCCC.CCCCC.CCCCC.[2H]C(C)(C)C.[2H]C([2H])(C)C.[2H]C([2H])(C)CC. The van der Waals surface area contributed by atoms with Crippen LogP contribution in [0, 0.1) is 35.0 Å². The van der Waals surface area contributed by atoms with Crippen molar-refractivity contribution in [1.29, 1.82) is 0 Å². The van der Waals surface area contributed by atoms with E-state index >= 15 is 0 Å². The number of unbranched alkanes of at least 4 members (excludes halogenated alkanes) is 5. The fourth-order valence-electron chi connectivity index (χ4n) is 0.707. The Morgan fingerprint density at radius 1 is 0.418 bits per heavy atom. The summed E-state index contributed by atoms with van der Waals surface area (Å²) in [7, 11) is 0. The van der Waals surface area contributed by atoms with Crippen LogP contribution >= 0.6 is 0 Å². The summed E-state index contributed by atoms with van der Waals surface area (Å²) in [6, 6.07) is 0. The molecular weight excluding hydrogens is 703 g/mol. The van der Waals surface area contributed by atoms with Gasteiger partial charge in [-0.2, -0.15) is 26.3 Å². The van der Waals surface area contributed by atoms with Gasteiger partial charge < -0.3 is 0 Å². The van der Waals surface area contributed by atoms with E-state index in [9.17, 15) is 26.3 Å². The summed E-state index contributed by atoms with van der Waals surface area (Å²) in [5, 5.41) is 0. The van der Waals surface area contributed by atoms with Crippen LogP contribution in [0.1, 0.15) is 285 Å². The summed E-state index contributed by atoms with van der Waals surface area (Å²) in [4.78, 5) is 0. The first-order valence-electron chi connectivity index (χ1n) is 24.2. The topological polar surface area (TPSA) is 0 Å². The van der Waals surface area contributed by atoms with E-state index in [1.165, 1.54) is 71.6 Å². The molecule has 0 aliphatic rings. The second-order valence-corrected chi connectivity index (χ2v) is 16.8. The zero-order valence-corrected chi connectivity index (χ0v) is 43.6. The minimum atomic E-state index is -4.06. The molecule has 0 nitrogen and oxygen atoms in total. The molecule has 0 N–H and O–H groups in total. The highest BCUT2D eigenvalue weighted by molar-refractivity contribution is 4.70. The van der Waals surface area contributed by atoms with Gasteiger partial charge in [0.05, 0.1) is 5.41 Å². The number of halogens is 6. The fraction of sp³-hybridized carbons (Fsp3) is 1.00. The summed E-state index contributed by atoms with van der Waals surface area (Å²) in [6.45, 7) is 54.7. The average Bonchev–Trinajstić information content (AvgIpc) is 2.95. The Morgan fingerprint density at radius 2 is 0.527 bits per heavy atom. The Balaban J connectivity index is -0.0000000423. The molecule has 0 saturated heterocycles. The monoisotopic (exact) mass is 824 g/mol. The molecule has 0 spiro atoms. The third-order valence-electron chi connectivity index (χ3n) is 3.77. The van der Waals surface area contributed by atoms with Gasteiger partial charge in [-0.25, -0.2) is 0 Å². The molecule has 0 aromatic carbocycles. The molecule has 6 heteroatoms. The van der Waals surface area contributed by atoms with Crippen molar-refractivity contribution in [3.63, 3.8) is 0 Å². The van der Waals surface area contributed by atoms with Crippen LogP contribution in [0.3, 0.4) is 0 Å². The second kappa shape index (κ2) is 74.5. The van der Waals surface area contributed by atoms with Gasteiger partial charge in [-0.15, -0.1) is 0 Å². The molecule has 0 aliphatic carbocycles. The zero-order chi connectivity index (χ0) is 52.4. The maximum atomic E-state index is 11.6. The normalized spacial score (nSPS) is 11.7. The van der Waals surface area contributed by atoms with Crippen LogP contribution in [0.2, 0.25) is 0 Å². The standard InChI is InChI=1S/C5H9F3.2C5H12.C4H7F3.6C4H10.2C3H8/c1-4(2,3)5(6,7)8;2*1-3-5-4-2;1-3(2)4(5,6)7;4*1-4(2)3;2*1-3-4-2;2*1-3-2/h1-3H3;2*3-5H2,1-2H3;3H,1-2H3;4*4H,1-3H3;2*3-4H2,1-2H3;2*3H2,1-2H3/i;;;;4D;;;;3D2;;3D2;. The van der Waals surface area contributed by atoms with E-state index in [0.29, 0.717) is 6.42 Å². The largest absolute Gasteiger partial charge is 0.393 e. The van der Waals surface area contributed by atoms with Crippen LogP contribution in [0.15, 0.2) is 0 Å². The Kier molecular flexibility index (Phi) is 93.8. The minimum absolute atomic E-state index is 0.250. The molecule has 55 heavy (non-hydrogen) atoms. The van der Waals surface area contributed by atoms with E-state index in [2.05, 4.69) is 118 Å². The van der Waals surface area contributed by atoms with Crippen molar-refractivity contribution in [1.82, 2.24) is 0 Å². The van der Waals surface area contributed by atoms with E-state index in [4.69, 9.17) is 6.85 Å². The molecule has 0 aromatic heterocycles. The number of hydrogen-bond acceptors (Lipinski definition) is 0. The second-order valence-electron chi connectivity index (χ2n) is 16.8. The van der Waals surface area contributed by atoms with Crippen LogP contribution in [-0.4, -0.2) is 12.4 Å². The van der Waals surface area contributed by atoms with E-state index in [1.54, 1.807) is 6.92 Å². The lowest BCUT2D eigenvalue weighted by molar-refractivity contribution is -0.204. The minimum Gasteiger partial charge on any atom is -0.171 e. The maximum absolute atomic E-state index is 11.6. The smallest absolute Gasteiger partial charge is 0.171 e. The highest BCUT2D eigenvalue weighted by atomic mass is 19.4. The van der Waals surface area contributed by atoms with Crippen LogP contribution in [0.5, 0.6) is 0 Å². The predicted octanol–water partition coefficient (Wildman–Crippen LogP) is 22.3. The molecule has 0 saturated carbocycles. The fourth-order valence-corrected chi connectivity index (χ4v) is 0.707. The third-order valence-corrected chi connectivity index (χ3v) is 3.77. The third kappa shape index (κ3) is 337. The highest BCUT2D eigenvalue weighted by Gasteiger charge is 2.42. The van der Waals surface area contributed by atoms with Gasteiger partial charge >= 0.3 is 12.4 Å². The lowest BCUT2D eigenvalue weighted by atomic mass is 9.96.